The van der Waals surface area contributed by atoms with Crippen molar-refractivity contribution in [2.75, 3.05) is 26.2 Å². The van der Waals surface area contributed by atoms with E-state index in [2.05, 4.69) is 40.5 Å². The van der Waals surface area contributed by atoms with E-state index in [0.29, 0.717) is 5.92 Å². The van der Waals surface area contributed by atoms with Crippen molar-refractivity contribution in [1.82, 2.24) is 10.2 Å². The molecule has 2 heteroatoms. The second kappa shape index (κ2) is 5.19. The van der Waals surface area contributed by atoms with E-state index in [1.165, 1.54) is 44.5 Å². The van der Waals surface area contributed by atoms with Crippen molar-refractivity contribution in [1.29, 1.82) is 0 Å². The van der Waals surface area contributed by atoms with Crippen LogP contribution in [0.15, 0.2) is 30.3 Å². The topological polar surface area (TPSA) is 15.3 Å². The number of likely N-dealkylation sites (tertiary alicyclic amines) is 1. The van der Waals surface area contributed by atoms with Crippen LogP contribution in [0.4, 0.5) is 0 Å². The number of nitrogens with zero attached hydrogens (tertiary/aromatic N) is 1. The van der Waals surface area contributed by atoms with Crippen molar-refractivity contribution in [3.05, 3.63) is 35.9 Å². The molecule has 2 unspecified atom stereocenters. The third kappa shape index (κ3) is 2.38. The standard InChI is InChI=1S/C15H22N2/c1-2-6-13(7-3-1)14-12-16-9-8-15(14)17-10-4-5-11-17/h1-3,6-7,14-16H,4-5,8-12H2. The number of nitrogens with one attached hydrogen (secondary N) is 1. The zero-order valence-corrected chi connectivity index (χ0v) is 10.4. The van der Waals surface area contributed by atoms with Crippen molar-refractivity contribution in [3.63, 3.8) is 0 Å². The normalized spacial score (nSPS) is 30.6. The number of rotatable bonds is 2. The van der Waals surface area contributed by atoms with Crippen molar-refractivity contribution in [2.45, 2.75) is 31.2 Å². The second-order valence-electron chi connectivity index (χ2n) is 5.32. The molecule has 2 aliphatic heterocycles. The van der Waals surface area contributed by atoms with Gasteiger partial charge >= 0.3 is 0 Å². The zero-order valence-electron chi connectivity index (χ0n) is 10.4. The Morgan fingerprint density at radius 2 is 1.82 bits per heavy atom. The van der Waals surface area contributed by atoms with Crippen LogP contribution in [0, 0.1) is 0 Å². The first kappa shape index (κ1) is 11.2. The largest absolute Gasteiger partial charge is 0.316 e. The lowest BCUT2D eigenvalue weighted by Crippen LogP contribution is -2.47. The first-order valence-corrected chi connectivity index (χ1v) is 6.95. The Labute approximate surface area is 104 Å². The summed E-state index contributed by atoms with van der Waals surface area (Å²) in [6.45, 7) is 4.96. The number of hydrogen-bond acceptors (Lipinski definition) is 2. The Morgan fingerprint density at radius 3 is 2.59 bits per heavy atom. The van der Waals surface area contributed by atoms with E-state index in [-0.39, 0.29) is 0 Å². The fourth-order valence-corrected chi connectivity index (χ4v) is 3.40. The van der Waals surface area contributed by atoms with Gasteiger partial charge in [0.1, 0.15) is 0 Å². The molecule has 2 fully saturated rings. The molecule has 92 valence electrons. The smallest absolute Gasteiger partial charge is 0.0188 e. The highest BCUT2D eigenvalue weighted by molar-refractivity contribution is 5.22. The lowest BCUT2D eigenvalue weighted by atomic mass is 9.86. The van der Waals surface area contributed by atoms with Gasteiger partial charge in [0, 0.05) is 18.5 Å². The molecular formula is C15H22N2. The summed E-state index contributed by atoms with van der Waals surface area (Å²) in [7, 11) is 0. The molecule has 1 aromatic carbocycles. The molecule has 0 amide bonds. The van der Waals surface area contributed by atoms with E-state index in [1.54, 1.807) is 0 Å². The third-order valence-corrected chi connectivity index (χ3v) is 4.28. The summed E-state index contributed by atoms with van der Waals surface area (Å²) < 4.78 is 0. The summed E-state index contributed by atoms with van der Waals surface area (Å²) in [4.78, 5) is 2.72. The molecule has 0 saturated carbocycles. The van der Waals surface area contributed by atoms with E-state index in [4.69, 9.17) is 0 Å². The predicted octanol–water partition coefficient (Wildman–Crippen LogP) is 2.23. The van der Waals surface area contributed by atoms with Gasteiger partial charge in [-0.3, -0.25) is 4.90 Å². The number of piperidine rings is 1. The molecule has 2 aliphatic rings. The summed E-state index contributed by atoms with van der Waals surface area (Å²) >= 11 is 0. The van der Waals surface area contributed by atoms with Crippen LogP contribution in [0.25, 0.3) is 0 Å². The molecule has 2 nitrogen and oxygen atoms in total. The Balaban J connectivity index is 1.80. The molecule has 0 bridgehead atoms. The first-order valence-electron chi connectivity index (χ1n) is 6.95. The van der Waals surface area contributed by atoms with Crippen molar-refractivity contribution < 1.29 is 0 Å². The van der Waals surface area contributed by atoms with Gasteiger partial charge in [-0.25, -0.2) is 0 Å². The summed E-state index contributed by atoms with van der Waals surface area (Å²) in [5.74, 6) is 0.683. The fraction of sp³-hybridized carbons (Fsp3) is 0.600. The first-order chi connectivity index (χ1) is 8.45. The molecule has 1 aromatic rings. The molecule has 0 spiro atoms. The van der Waals surface area contributed by atoms with Gasteiger partial charge in [0.2, 0.25) is 0 Å². The van der Waals surface area contributed by atoms with Gasteiger partial charge in [0.25, 0.3) is 0 Å². The van der Waals surface area contributed by atoms with Gasteiger partial charge in [-0.15, -0.1) is 0 Å². The van der Waals surface area contributed by atoms with E-state index < -0.39 is 0 Å². The Bertz CT molecular complexity index is 343. The Hall–Kier alpha value is -0.860. The van der Waals surface area contributed by atoms with Crippen LogP contribution < -0.4 is 5.32 Å². The minimum atomic E-state index is 0.683. The lowest BCUT2D eigenvalue weighted by Gasteiger charge is -2.38. The molecule has 0 radical (unpaired) electrons. The minimum absolute atomic E-state index is 0.683. The zero-order chi connectivity index (χ0) is 11.5. The van der Waals surface area contributed by atoms with Crippen molar-refractivity contribution in [2.24, 2.45) is 0 Å². The quantitative estimate of drug-likeness (QED) is 0.838. The number of hydrogen-bond donors (Lipinski definition) is 1. The highest BCUT2D eigenvalue weighted by atomic mass is 15.2. The summed E-state index contributed by atoms with van der Waals surface area (Å²) in [5, 5.41) is 3.56. The minimum Gasteiger partial charge on any atom is -0.316 e. The average molecular weight is 230 g/mol. The molecule has 0 aromatic heterocycles. The fourth-order valence-electron chi connectivity index (χ4n) is 3.40. The second-order valence-corrected chi connectivity index (χ2v) is 5.32. The van der Waals surface area contributed by atoms with Gasteiger partial charge in [0.15, 0.2) is 0 Å². The lowest BCUT2D eigenvalue weighted by molar-refractivity contribution is 0.175. The molecule has 0 aliphatic carbocycles. The highest BCUT2D eigenvalue weighted by Gasteiger charge is 2.32. The van der Waals surface area contributed by atoms with Gasteiger partial charge < -0.3 is 5.32 Å². The summed E-state index contributed by atoms with van der Waals surface area (Å²) in [6, 6.07) is 11.8. The molecule has 2 heterocycles. The maximum absolute atomic E-state index is 3.56. The molecule has 1 N–H and O–H groups in total. The van der Waals surface area contributed by atoms with Crippen molar-refractivity contribution in [3.8, 4) is 0 Å². The Kier molecular flexibility index (Phi) is 3.44. The van der Waals surface area contributed by atoms with Crippen LogP contribution in [0.3, 0.4) is 0 Å². The monoisotopic (exact) mass is 230 g/mol. The Morgan fingerprint density at radius 1 is 1.06 bits per heavy atom. The molecule has 2 saturated heterocycles. The maximum Gasteiger partial charge on any atom is 0.0188 e. The van der Waals surface area contributed by atoms with E-state index in [9.17, 15) is 0 Å². The van der Waals surface area contributed by atoms with Crippen LogP contribution in [0.1, 0.15) is 30.7 Å². The highest BCUT2D eigenvalue weighted by Crippen LogP contribution is 2.29. The third-order valence-electron chi connectivity index (χ3n) is 4.28. The van der Waals surface area contributed by atoms with Crippen LogP contribution >= 0.6 is 0 Å². The van der Waals surface area contributed by atoms with Gasteiger partial charge in [0.05, 0.1) is 0 Å². The van der Waals surface area contributed by atoms with Crippen LogP contribution in [-0.4, -0.2) is 37.1 Å². The molecular weight excluding hydrogens is 208 g/mol. The van der Waals surface area contributed by atoms with Crippen LogP contribution in [-0.2, 0) is 0 Å². The molecule has 3 rings (SSSR count). The summed E-state index contributed by atoms with van der Waals surface area (Å²) in [6.07, 6.45) is 4.09. The van der Waals surface area contributed by atoms with Gasteiger partial charge in [-0.05, 0) is 44.5 Å². The SMILES string of the molecule is c1ccc(C2CNCCC2N2CCCC2)cc1. The predicted molar refractivity (Wildman–Crippen MR) is 71.3 cm³/mol. The van der Waals surface area contributed by atoms with Crippen LogP contribution in [0.5, 0.6) is 0 Å². The van der Waals surface area contributed by atoms with Crippen molar-refractivity contribution >= 4 is 0 Å². The van der Waals surface area contributed by atoms with Gasteiger partial charge in [-0.2, -0.15) is 0 Å². The van der Waals surface area contributed by atoms with Gasteiger partial charge in [-0.1, -0.05) is 30.3 Å². The molecule has 17 heavy (non-hydrogen) atoms. The van der Waals surface area contributed by atoms with E-state index in [1.807, 2.05) is 0 Å². The van der Waals surface area contributed by atoms with E-state index in [0.717, 1.165) is 12.6 Å². The molecule has 2 atom stereocenters. The average Bonchev–Trinajstić information content (AvgIpc) is 2.94. The maximum atomic E-state index is 3.56. The summed E-state index contributed by atoms with van der Waals surface area (Å²) in [5.41, 5.74) is 1.51. The number of benzene rings is 1. The van der Waals surface area contributed by atoms with E-state index >= 15 is 0 Å². The van der Waals surface area contributed by atoms with Crippen LogP contribution in [0.2, 0.25) is 0 Å².